The topological polar surface area (TPSA) is 138 Å². The van der Waals surface area contributed by atoms with Crippen molar-refractivity contribution in [3.63, 3.8) is 0 Å². The maximum Gasteiger partial charge on any atom is 0.409 e. The van der Waals surface area contributed by atoms with Crippen molar-refractivity contribution in [3.8, 4) is 32.8 Å². The van der Waals surface area contributed by atoms with Crippen molar-refractivity contribution in [1.29, 1.82) is 0 Å². The van der Waals surface area contributed by atoms with Crippen LogP contribution < -0.4 is 10.9 Å². The van der Waals surface area contributed by atoms with Gasteiger partial charge in [-0.15, -0.1) is 11.3 Å². The largest absolute Gasteiger partial charge is 0.478 e. The fourth-order valence-corrected chi connectivity index (χ4v) is 6.55. The third-order valence-electron chi connectivity index (χ3n) is 7.62. The lowest BCUT2D eigenvalue weighted by molar-refractivity contribution is 0.0695. The second kappa shape index (κ2) is 12.6. The Labute approximate surface area is 251 Å². The number of ether oxygens (including phenoxy) is 1. The molecule has 0 bridgehead atoms. The summed E-state index contributed by atoms with van der Waals surface area (Å²) < 4.78 is 6.21. The number of carboxylic acids is 2. The van der Waals surface area contributed by atoms with Gasteiger partial charge in [0.15, 0.2) is 0 Å². The van der Waals surface area contributed by atoms with E-state index in [2.05, 4.69) is 10.1 Å². The van der Waals surface area contributed by atoms with E-state index < -0.39 is 11.9 Å². The minimum atomic E-state index is -1.22. The summed E-state index contributed by atoms with van der Waals surface area (Å²) in [4.78, 5) is 51.5. The number of amides is 1. The number of pyridine rings is 1. The number of nitrogens with one attached hydrogen (secondary N) is 1. The number of nitrogens with zero attached hydrogens (tertiary/aromatic N) is 2. The zero-order valence-corrected chi connectivity index (χ0v) is 24.6. The first-order valence-corrected chi connectivity index (χ1v) is 14.6. The Kier molecular flexibility index (Phi) is 8.74. The van der Waals surface area contributed by atoms with E-state index in [1.54, 1.807) is 22.5 Å². The number of piperazine rings is 1. The molecule has 0 atom stereocenters. The van der Waals surface area contributed by atoms with Crippen LogP contribution in [0.15, 0.2) is 64.8 Å². The van der Waals surface area contributed by atoms with Crippen LogP contribution in [0.1, 0.15) is 31.8 Å². The van der Waals surface area contributed by atoms with Crippen LogP contribution in [-0.2, 0) is 17.7 Å². The van der Waals surface area contributed by atoms with Gasteiger partial charge in [0.2, 0.25) is 0 Å². The third kappa shape index (κ3) is 5.81. The Morgan fingerprint density at radius 2 is 1.65 bits per heavy atom. The van der Waals surface area contributed by atoms with E-state index in [9.17, 15) is 29.4 Å². The molecule has 0 spiro atoms. The molecule has 3 N–H and O–H groups in total. The van der Waals surface area contributed by atoms with E-state index in [4.69, 9.17) is 0 Å². The van der Waals surface area contributed by atoms with Crippen molar-refractivity contribution in [2.24, 2.45) is 0 Å². The summed E-state index contributed by atoms with van der Waals surface area (Å²) in [6.45, 7) is 5.33. The highest BCUT2D eigenvalue weighted by Gasteiger charge is 2.30. The van der Waals surface area contributed by atoms with Gasteiger partial charge in [-0.3, -0.25) is 4.79 Å². The van der Waals surface area contributed by atoms with Gasteiger partial charge in [-0.25, -0.2) is 14.4 Å². The van der Waals surface area contributed by atoms with E-state index in [0.717, 1.165) is 36.6 Å². The van der Waals surface area contributed by atoms with Gasteiger partial charge >= 0.3 is 18.0 Å². The van der Waals surface area contributed by atoms with Crippen LogP contribution in [0.5, 0.6) is 0 Å². The standard InChI is InChI=1S/C26H19NO5S.C6H12N2O2/c1-14-7-8-17(25(29)30)21(20(14)26(31)32)19-13-18(15-5-3-2-4-6-15)24(28)27-11-9-16-10-12-33-23(16)22(19)27;1-10-6(9)8-4-2-7-3-5-8/h2-8,10,12-13H,9,11H2,1H3,(H,29,30)(H,31,32);7H,2-5H2,1H3. The van der Waals surface area contributed by atoms with Gasteiger partial charge < -0.3 is 29.7 Å². The lowest BCUT2D eigenvalue weighted by atomic mass is 9.87. The van der Waals surface area contributed by atoms with Crippen molar-refractivity contribution < 1.29 is 29.3 Å². The van der Waals surface area contributed by atoms with Crippen molar-refractivity contribution in [2.45, 2.75) is 19.9 Å². The zero-order valence-electron chi connectivity index (χ0n) is 23.8. The van der Waals surface area contributed by atoms with E-state index in [1.165, 1.54) is 30.6 Å². The Morgan fingerprint density at radius 3 is 2.30 bits per heavy atom. The molecule has 1 amide bonds. The number of carbonyl (C=O) groups is 3. The summed E-state index contributed by atoms with van der Waals surface area (Å²) >= 11 is 1.47. The number of hydrogen-bond donors (Lipinski definition) is 3. The number of thiophene rings is 1. The molecule has 4 heterocycles. The number of fused-ring (bicyclic) bond motifs is 3. The predicted octanol–water partition coefficient (Wildman–Crippen LogP) is 4.83. The molecule has 4 aromatic rings. The van der Waals surface area contributed by atoms with Gasteiger partial charge in [-0.2, -0.15) is 0 Å². The number of benzene rings is 2. The monoisotopic (exact) mass is 601 g/mol. The van der Waals surface area contributed by atoms with Crippen molar-refractivity contribution in [3.05, 3.63) is 92.6 Å². The van der Waals surface area contributed by atoms with Crippen LogP contribution in [0.2, 0.25) is 0 Å². The van der Waals surface area contributed by atoms with Crippen LogP contribution in [0.25, 0.3) is 32.8 Å². The second-order valence-corrected chi connectivity index (χ2v) is 11.1. The fourth-order valence-electron chi connectivity index (χ4n) is 5.53. The van der Waals surface area contributed by atoms with E-state index in [-0.39, 0.29) is 28.3 Å². The molecule has 2 aliphatic rings. The Bertz CT molecular complexity index is 1750. The van der Waals surface area contributed by atoms with Crippen molar-refractivity contribution in [1.82, 2.24) is 14.8 Å². The third-order valence-corrected chi connectivity index (χ3v) is 8.58. The molecule has 1 saturated heterocycles. The van der Waals surface area contributed by atoms with Crippen LogP contribution in [0, 0.1) is 6.92 Å². The zero-order chi connectivity index (χ0) is 30.7. The molecule has 2 aromatic carbocycles. The maximum atomic E-state index is 13.6. The Morgan fingerprint density at radius 1 is 0.930 bits per heavy atom. The highest BCUT2D eigenvalue weighted by molar-refractivity contribution is 7.13. The predicted molar refractivity (Wildman–Crippen MR) is 164 cm³/mol. The van der Waals surface area contributed by atoms with Crippen molar-refractivity contribution in [2.75, 3.05) is 33.3 Å². The minimum absolute atomic E-state index is 0.0703. The van der Waals surface area contributed by atoms with Crippen LogP contribution in [0.4, 0.5) is 4.79 Å². The molecule has 0 saturated carbocycles. The first-order valence-electron chi connectivity index (χ1n) is 13.8. The SMILES string of the molecule is COC(=O)N1CCNCC1.Cc1ccc(C(=O)O)c(-c2cc(-c3ccccc3)c(=O)n3c2-c2sccc2CC3)c1C(=O)O. The smallest absolute Gasteiger partial charge is 0.409 e. The van der Waals surface area contributed by atoms with Gasteiger partial charge in [0.25, 0.3) is 5.56 Å². The fraction of sp³-hybridized carbons (Fsp3) is 0.250. The quantitative estimate of drug-likeness (QED) is 0.303. The molecule has 0 aliphatic carbocycles. The molecule has 1 fully saturated rings. The average molecular weight is 602 g/mol. The maximum absolute atomic E-state index is 13.6. The Balaban J connectivity index is 0.000000314. The lowest BCUT2D eigenvalue weighted by Crippen LogP contribution is -2.46. The molecule has 11 heteroatoms. The molecule has 2 aliphatic heterocycles. The summed E-state index contributed by atoms with van der Waals surface area (Å²) in [5.41, 5.74) is 3.40. The van der Waals surface area contributed by atoms with Crippen molar-refractivity contribution >= 4 is 29.4 Å². The van der Waals surface area contributed by atoms with E-state index in [1.807, 2.05) is 41.8 Å². The number of rotatable bonds is 4. The first-order chi connectivity index (χ1) is 20.7. The lowest BCUT2D eigenvalue weighted by Gasteiger charge is -2.25. The molecular weight excluding hydrogens is 570 g/mol. The molecule has 43 heavy (non-hydrogen) atoms. The van der Waals surface area contributed by atoms with E-state index in [0.29, 0.717) is 40.9 Å². The van der Waals surface area contributed by atoms with Crippen LogP contribution >= 0.6 is 11.3 Å². The van der Waals surface area contributed by atoms with Gasteiger partial charge in [0.1, 0.15) is 0 Å². The normalized spacial score (nSPS) is 13.7. The molecule has 6 rings (SSSR count). The summed E-state index contributed by atoms with van der Waals surface area (Å²) in [6.07, 6.45) is 0.455. The highest BCUT2D eigenvalue weighted by atomic mass is 32.1. The number of aromatic carboxylic acids is 2. The Hall–Kier alpha value is -4.74. The number of carbonyl (C=O) groups excluding carboxylic acids is 1. The van der Waals surface area contributed by atoms with Gasteiger partial charge in [0.05, 0.1) is 28.8 Å². The first kappa shape index (κ1) is 29.7. The summed E-state index contributed by atoms with van der Waals surface area (Å²) in [5.74, 6) is -2.43. The number of carboxylic acid groups (broad SMARTS) is 2. The molecular formula is C32H31N3O7S. The number of aromatic nitrogens is 1. The van der Waals surface area contributed by atoms with Gasteiger partial charge in [-0.05, 0) is 53.6 Å². The van der Waals surface area contributed by atoms with Crippen LogP contribution in [0.3, 0.4) is 0 Å². The van der Waals surface area contributed by atoms with Gasteiger partial charge in [0, 0.05) is 49.4 Å². The van der Waals surface area contributed by atoms with E-state index >= 15 is 0 Å². The summed E-state index contributed by atoms with van der Waals surface area (Å²) in [6, 6.07) is 15.7. The number of hydrogen-bond acceptors (Lipinski definition) is 7. The van der Waals surface area contributed by atoms with Crippen LogP contribution in [-0.4, -0.2) is 71.0 Å². The van der Waals surface area contributed by atoms with Gasteiger partial charge in [-0.1, -0.05) is 36.4 Å². The second-order valence-electron chi connectivity index (χ2n) is 10.2. The number of aryl methyl sites for hydroxylation is 2. The average Bonchev–Trinajstić information content (AvgIpc) is 3.51. The summed E-state index contributed by atoms with van der Waals surface area (Å²) in [7, 11) is 1.41. The summed E-state index contributed by atoms with van der Waals surface area (Å²) in [5, 5.41) is 25.1. The highest BCUT2D eigenvalue weighted by Crippen LogP contribution is 2.43. The molecule has 0 radical (unpaired) electrons. The minimum Gasteiger partial charge on any atom is -0.478 e. The molecule has 222 valence electrons. The molecule has 0 unspecified atom stereocenters. The number of methoxy groups -OCH3 is 1. The molecule has 10 nitrogen and oxygen atoms in total. The molecule has 2 aromatic heterocycles.